The maximum Gasteiger partial charge on any atom is 0.310 e. The van der Waals surface area contributed by atoms with Crippen LogP contribution < -0.4 is 4.90 Å². The van der Waals surface area contributed by atoms with Crippen molar-refractivity contribution in [3.8, 4) is 0 Å². The van der Waals surface area contributed by atoms with E-state index in [1.807, 2.05) is 0 Å². The molecule has 1 saturated heterocycles. The molecule has 6 nitrogen and oxygen atoms in total. The van der Waals surface area contributed by atoms with E-state index in [0.29, 0.717) is 19.5 Å². The van der Waals surface area contributed by atoms with Crippen molar-refractivity contribution in [2.24, 2.45) is 5.92 Å². The standard InChI is InChI=1S/C12H13FN2O4/c1-19-12(16)8-4-5-14(7-8)11-3-2-9(15(17)18)6-10(11)13/h2-3,6,8H,4-5,7H2,1H3. The van der Waals surface area contributed by atoms with Crippen molar-refractivity contribution in [2.45, 2.75) is 6.42 Å². The zero-order valence-corrected chi connectivity index (χ0v) is 10.3. The molecule has 19 heavy (non-hydrogen) atoms. The monoisotopic (exact) mass is 268 g/mol. The highest BCUT2D eigenvalue weighted by atomic mass is 19.1. The number of nitro groups is 1. The SMILES string of the molecule is COC(=O)C1CCN(c2ccc([N+](=O)[O-])cc2F)C1. The lowest BCUT2D eigenvalue weighted by molar-refractivity contribution is -0.385. The van der Waals surface area contributed by atoms with Gasteiger partial charge in [0, 0.05) is 19.2 Å². The van der Waals surface area contributed by atoms with Gasteiger partial charge in [-0.05, 0) is 12.5 Å². The fourth-order valence-corrected chi connectivity index (χ4v) is 2.20. The lowest BCUT2D eigenvalue weighted by Gasteiger charge is -2.18. The van der Waals surface area contributed by atoms with E-state index < -0.39 is 10.7 Å². The minimum absolute atomic E-state index is 0.275. The van der Waals surface area contributed by atoms with Crippen LogP contribution in [0.5, 0.6) is 0 Å². The van der Waals surface area contributed by atoms with Crippen molar-refractivity contribution < 1.29 is 18.8 Å². The molecule has 1 atom stereocenters. The molecule has 0 bridgehead atoms. The van der Waals surface area contributed by atoms with Crippen LogP contribution in [0.4, 0.5) is 15.8 Å². The molecule has 0 N–H and O–H groups in total. The Hall–Kier alpha value is -2.18. The Morgan fingerprint density at radius 2 is 2.32 bits per heavy atom. The summed E-state index contributed by atoms with van der Waals surface area (Å²) in [6, 6.07) is 3.51. The molecule has 0 aromatic heterocycles. The summed E-state index contributed by atoms with van der Waals surface area (Å²) in [4.78, 5) is 23.0. The van der Waals surface area contributed by atoms with E-state index in [2.05, 4.69) is 4.74 Å². The molecule has 1 heterocycles. The molecule has 0 aliphatic carbocycles. The van der Waals surface area contributed by atoms with E-state index in [4.69, 9.17) is 0 Å². The van der Waals surface area contributed by atoms with Gasteiger partial charge in [-0.15, -0.1) is 0 Å². The van der Waals surface area contributed by atoms with Crippen molar-refractivity contribution in [2.75, 3.05) is 25.1 Å². The quantitative estimate of drug-likeness (QED) is 0.474. The first-order valence-corrected chi connectivity index (χ1v) is 5.79. The third-order valence-electron chi connectivity index (χ3n) is 3.21. The van der Waals surface area contributed by atoms with Crippen molar-refractivity contribution in [3.05, 3.63) is 34.1 Å². The highest BCUT2D eigenvalue weighted by molar-refractivity contribution is 5.74. The Bertz CT molecular complexity index is 520. The number of non-ortho nitro benzene ring substituents is 1. The van der Waals surface area contributed by atoms with Crippen LogP contribution in [0, 0.1) is 21.8 Å². The van der Waals surface area contributed by atoms with Gasteiger partial charge in [0.25, 0.3) is 5.69 Å². The Morgan fingerprint density at radius 3 is 2.89 bits per heavy atom. The average molecular weight is 268 g/mol. The van der Waals surface area contributed by atoms with Gasteiger partial charge in [0.15, 0.2) is 5.82 Å². The van der Waals surface area contributed by atoms with Crippen LogP contribution in [0.1, 0.15) is 6.42 Å². The number of ether oxygens (including phenoxy) is 1. The third kappa shape index (κ3) is 2.64. The van der Waals surface area contributed by atoms with E-state index in [1.54, 1.807) is 4.90 Å². The number of carbonyl (C=O) groups excluding carboxylic acids is 1. The van der Waals surface area contributed by atoms with Gasteiger partial charge < -0.3 is 9.64 Å². The second-order valence-corrected chi connectivity index (χ2v) is 4.35. The van der Waals surface area contributed by atoms with Crippen molar-refractivity contribution in [3.63, 3.8) is 0 Å². The number of halogens is 1. The number of hydrogen-bond donors (Lipinski definition) is 0. The summed E-state index contributed by atoms with van der Waals surface area (Å²) in [5.74, 6) is -1.25. The summed E-state index contributed by atoms with van der Waals surface area (Å²) in [7, 11) is 1.32. The van der Waals surface area contributed by atoms with Crippen LogP contribution in [0.3, 0.4) is 0 Å². The van der Waals surface area contributed by atoms with E-state index >= 15 is 0 Å². The molecule has 0 radical (unpaired) electrons. The Kier molecular flexibility index (Phi) is 3.64. The molecule has 7 heteroatoms. The summed E-state index contributed by atoms with van der Waals surface area (Å²) < 4.78 is 18.5. The van der Waals surface area contributed by atoms with Gasteiger partial charge in [0.1, 0.15) is 0 Å². The number of rotatable bonds is 3. The third-order valence-corrected chi connectivity index (χ3v) is 3.21. The van der Waals surface area contributed by atoms with Crippen LogP contribution in [0.25, 0.3) is 0 Å². The second kappa shape index (κ2) is 5.21. The first kappa shape index (κ1) is 13.3. The molecule has 2 rings (SSSR count). The second-order valence-electron chi connectivity index (χ2n) is 4.35. The van der Waals surface area contributed by atoms with E-state index in [1.165, 1.54) is 19.2 Å². The number of nitro benzene ring substituents is 1. The van der Waals surface area contributed by atoms with E-state index in [9.17, 15) is 19.3 Å². The molecule has 0 spiro atoms. The number of carbonyl (C=O) groups is 1. The molecule has 0 amide bonds. The van der Waals surface area contributed by atoms with Gasteiger partial charge in [-0.2, -0.15) is 0 Å². The highest BCUT2D eigenvalue weighted by Gasteiger charge is 2.30. The summed E-state index contributed by atoms with van der Waals surface area (Å²) in [6.07, 6.45) is 0.586. The predicted molar refractivity (Wildman–Crippen MR) is 65.4 cm³/mol. The molecule has 102 valence electrons. The molecule has 1 aliphatic rings. The number of nitrogens with zero attached hydrogens (tertiary/aromatic N) is 2. The average Bonchev–Trinajstić information content (AvgIpc) is 2.87. The van der Waals surface area contributed by atoms with Gasteiger partial charge in [0.05, 0.1) is 29.7 Å². The van der Waals surface area contributed by atoms with Gasteiger partial charge in [-0.3, -0.25) is 14.9 Å². The molecule has 1 aromatic rings. The van der Waals surface area contributed by atoms with Gasteiger partial charge >= 0.3 is 5.97 Å². The smallest absolute Gasteiger partial charge is 0.310 e. The fraction of sp³-hybridized carbons (Fsp3) is 0.417. The molecule has 1 unspecified atom stereocenters. The molecule has 1 aromatic carbocycles. The van der Waals surface area contributed by atoms with Crippen LogP contribution in [-0.4, -0.2) is 31.1 Å². The Balaban J connectivity index is 2.16. The summed E-state index contributed by atoms with van der Waals surface area (Å²) in [6.45, 7) is 0.885. The minimum atomic E-state index is -0.653. The van der Waals surface area contributed by atoms with E-state index in [0.717, 1.165) is 6.07 Å². The molecule has 1 fully saturated rings. The number of hydrogen-bond acceptors (Lipinski definition) is 5. The molecule has 0 saturated carbocycles. The molecular formula is C12H13FN2O4. The Morgan fingerprint density at radius 1 is 1.58 bits per heavy atom. The molecule has 1 aliphatic heterocycles. The number of anilines is 1. The summed E-state index contributed by atoms with van der Waals surface area (Å²) in [5.41, 5.74) is -0.0121. The number of esters is 1. The Labute approximate surface area is 108 Å². The van der Waals surface area contributed by atoms with Gasteiger partial charge in [-0.1, -0.05) is 0 Å². The van der Waals surface area contributed by atoms with Gasteiger partial charge in [-0.25, -0.2) is 4.39 Å². The van der Waals surface area contributed by atoms with Gasteiger partial charge in [0.2, 0.25) is 0 Å². The maximum absolute atomic E-state index is 13.8. The van der Waals surface area contributed by atoms with Crippen LogP contribution in [0.15, 0.2) is 18.2 Å². The minimum Gasteiger partial charge on any atom is -0.469 e. The number of benzene rings is 1. The van der Waals surface area contributed by atoms with E-state index in [-0.39, 0.29) is 23.3 Å². The lowest BCUT2D eigenvalue weighted by Crippen LogP contribution is -2.24. The normalized spacial score (nSPS) is 18.4. The van der Waals surface area contributed by atoms with Crippen LogP contribution >= 0.6 is 0 Å². The van der Waals surface area contributed by atoms with Crippen molar-refractivity contribution >= 4 is 17.3 Å². The van der Waals surface area contributed by atoms with Crippen LogP contribution in [-0.2, 0) is 9.53 Å². The first-order chi connectivity index (χ1) is 9.02. The number of methoxy groups -OCH3 is 1. The first-order valence-electron chi connectivity index (χ1n) is 5.79. The van der Waals surface area contributed by atoms with Crippen molar-refractivity contribution in [1.29, 1.82) is 0 Å². The lowest BCUT2D eigenvalue weighted by atomic mass is 10.1. The topological polar surface area (TPSA) is 72.7 Å². The van der Waals surface area contributed by atoms with Crippen LogP contribution in [0.2, 0.25) is 0 Å². The summed E-state index contributed by atoms with van der Waals surface area (Å²) >= 11 is 0. The largest absolute Gasteiger partial charge is 0.469 e. The maximum atomic E-state index is 13.8. The highest BCUT2D eigenvalue weighted by Crippen LogP contribution is 2.29. The zero-order valence-electron chi connectivity index (χ0n) is 10.3. The zero-order chi connectivity index (χ0) is 14.0. The molecular weight excluding hydrogens is 255 g/mol. The summed E-state index contributed by atoms with van der Waals surface area (Å²) in [5, 5.41) is 10.5. The fourth-order valence-electron chi connectivity index (χ4n) is 2.20. The van der Waals surface area contributed by atoms with Crippen molar-refractivity contribution in [1.82, 2.24) is 0 Å². The predicted octanol–water partition coefficient (Wildman–Crippen LogP) is 1.73.